The van der Waals surface area contributed by atoms with Crippen molar-refractivity contribution in [2.45, 2.75) is 26.3 Å². The molecule has 2 heterocycles. The van der Waals surface area contributed by atoms with E-state index < -0.39 is 0 Å². The zero-order valence-corrected chi connectivity index (χ0v) is 19.6. The Hall–Kier alpha value is -3.00. The van der Waals surface area contributed by atoms with Gasteiger partial charge in [-0.25, -0.2) is 8.78 Å². The average molecular weight is 471 g/mol. The normalized spacial score (nSPS) is 17.6. The maximum Gasteiger partial charge on any atom is 0.236 e. The number of benzene rings is 2. The molecule has 2 amide bonds. The summed E-state index contributed by atoms with van der Waals surface area (Å²) < 4.78 is 27.7. The number of piperazine rings is 1. The number of carbonyl (C=O) groups is 2. The number of amides is 2. The van der Waals surface area contributed by atoms with Gasteiger partial charge in [-0.05, 0) is 62.2 Å². The Morgan fingerprint density at radius 3 is 2.32 bits per heavy atom. The molecule has 0 aromatic heterocycles. The van der Waals surface area contributed by atoms with Crippen molar-refractivity contribution in [3.8, 4) is 0 Å². The molecule has 2 fully saturated rings. The van der Waals surface area contributed by atoms with Crippen molar-refractivity contribution >= 4 is 17.5 Å². The second kappa shape index (κ2) is 11.0. The summed E-state index contributed by atoms with van der Waals surface area (Å²) >= 11 is 0. The quantitative estimate of drug-likeness (QED) is 0.706. The lowest BCUT2D eigenvalue weighted by Crippen LogP contribution is -2.52. The molecule has 1 N–H and O–H groups in total. The molecule has 0 bridgehead atoms. The minimum atomic E-state index is -0.265. The van der Waals surface area contributed by atoms with Gasteiger partial charge in [-0.15, -0.1) is 0 Å². The van der Waals surface area contributed by atoms with Gasteiger partial charge in [0.25, 0.3) is 0 Å². The molecule has 2 aromatic rings. The molecular formula is C26H32F2N4O2. The summed E-state index contributed by atoms with van der Waals surface area (Å²) in [7, 11) is 0. The monoisotopic (exact) mass is 470 g/mol. The van der Waals surface area contributed by atoms with E-state index in [1.165, 1.54) is 12.1 Å². The molecular weight excluding hydrogens is 438 g/mol. The van der Waals surface area contributed by atoms with Crippen LogP contribution in [0.25, 0.3) is 0 Å². The van der Waals surface area contributed by atoms with Crippen LogP contribution in [0.4, 0.5) is 14.5 Å². The van der Waals surface area contributed by atoms with Crippen molar-refractivity contribution in [3.63, 3.8) is 0 Å². The van der Waals surface area contributed by atoms with Gasteiger partial charge in [-0.1, -0.05) is 24.3 Å². The fourth-order valence-electron chi connectivity index (χ4n) is 4.63. The summed E-state index contributed by atoms with van der Waals surface area (Å²) in [5.41, 5.74) is 1.92. The lowest BCUT2D eigenvalue weighted by molar-refractivity contribution is -0.133. The van der Waals surface area contributed by atoms with Crippen LogP contribution in [0.5, 0.6) is 0 Å². The molecule has 0 atom stereocenters. The number of anilines is 1. The van der Waals surface area contributed by atoms with E-state index in [4.69, 9.17) is 0 Å². The van der Waals surface area contributed by atoms with Gasteiger partial charge in [0.2, 0.25) is 11.8 Å². The maximum atomic E-state index is 14.0. The van der Waals surface area contributed by atoms with E-state index in [0.717, 1.165) is 5.56 Å². The first-order valence-electron chi connectivity index (χ1n) is 11.9. The second-order valence-electron chi connectivity index (χ2n) is 9.17. The summed E-state index contributed by atoms with van der Waals surface area (Å²) in [5, 5.41) is 2.91. The molecule has 6 nitrogen and oxygen atoms in total. The smallest absolute Gasteiger partial charge is 0.236 e. The van der Waals surface area contributed by atoms with E-state index in [2.05, 4.69) is 10.2 Å². The van der Waals surface area contributed by atoms with Crippen LogP contribution in [0.1, 0.15) is 24.0 Å². The standard InChI is InChI=1S/C26H32F2N4O2/c1-19-6-7-20(16-23(19)28)17-29-26(34)21-8-10-30(11-9-21)18-25(33)32-14-12-31(13-15-32)24-5-3-2-4-22(24)27/h2-7,16,21H,8-15,17-18H2,1H3,(H,29,34). The molecule has 182 valence electrons. The van der Waals surface area contributed by atoms with Crippen molar-refractivity contribution < 1.29 is 18.4 Å². The fraction of sp³-hybridized carbons (Fsp3) is 0.462. The minimum Gasteiger partial charge on any atom is -0.366 e. The number of carbonyl (C=O) groups excluding carboxylic acids is 2. The fourth-order valence-corrected chi connectivity index (χ4v) is 4.63. The molecule has 0 radical (unpaired) electrons. The highest BCUT2D eigenvalue weighted by Crippen LogP contribution is 2.21. The lowest BCUT2D eigenvalue weighted by atomic mass is 9.95. The van der Waals surface area contributed by atoms with Gasteiger partial charge in [0.05, 0.1) is 12.2 Å². The molecule has 2 saturated heterocycles. The Balaban J connectivity index is 1.17. The highest BCUT2D eigenvalue weighted by atomic mass is 19.1. The molecule has 2 aliphatic heterocycles. The highest BCUT2D eigenvalue weighted by Gasteiger charge is 2.28. The van der Waals surface area contributed by atoms with Crippen molar-refractivity contribution in [2.24, 2.45) is 5.92 Å². The first-order valence-corrected chi connectivity index (χ1v) is 11.9. The Morgan fingerprint density at radius 2 is 1.65 bits per heavy atom. The van der Waals surface area contributed by atoms with Gasteiger partial charge in [0.1, 0.15) is 11.6 Å². The molecule has 0 saturated carbocycles. The van der Waals surface area contributed by atoms with Gasteiger partial charge >= 0.3 is 0 Å². The number of nitrogens with zero attached hydrogens (tertiary/aromatic N) is 3. The summed E-state index contributed by atoms with van der Waals surface area (Å²) in [6.45, 7) is 6.12. The van der Waals surface area contributed by atoms with Gasteiger partial charge < -0.3 is 15.1 Å². The highest BCUT2D eigenvalue weighted by molar-refractivity contribution is 5.79. The van der Waals surface area contributed by atoms with E-state index in [9.17, 15) is 18.4 Å². The van der Waals surface area contributed by atoms with Gasteiger partial charge in [0.15, 0.2) is 0 Å². The Morgan fingerprint density at radius 1 is 0.941 bits per heavy atom. The molecule has 8 heteroatoms. The van der Waals surface area contributed by atoms with Crippen molar-refractivity contribution in [3.05, 3.63) is 65.2 Å². The van der Waals surface area contributed by atoms with Crippen molar-refractivity contribution in [2.75, 3.05) is 50.7 Å². The van der Waals surface area contributed by atoms with Crippen LogP contribution in [0.15, 0.2) is 42.5 Å². The Kier molecular flexibility index (Phi) is 7.77. The molecule has 2 aliphatic rings. The van der Waals surface area contributed by atoms with Crippen LogP contribution < -0.4 is 10.2 Å². The Labute approximate surface area is 199 Å². The third-order valence-corrected chi connectivity index (χ3v) is 6.85. The predicted octanol–water partition coefficient (Wildman–Crippen LogP) is 2.95. The number of aryl methyl sites for hydroxylation is 1. The number of rotatable bonds is 6. The third-order valence-electron chi connectivity index (χ3n) is 6.85. The molecule has 0 spiro atoms. The number of para-hydroxylation sites is 1. The summed E-state index contributed by atoms with van der Waals surface area (Å²) in [6, 6.07) is 11.7. The number of hydrogen-bond donors (Lipinski definition) is 1. The molecule has 4 rings (SSSR count). The lowest BCUT2D eigenvalue weighted by Gasteiger charge is -2.38. The van der Waals surface area contributed by atoms with Gasteiger partial charge in [-0.2, -0.15) is 0 Å². The van der Waals surface area contributed by atoms with Crippen LogP contribution in [-0.2, 0) is 16.1 Å². The van der Waals surface area contributed by atoms with E-state index in [1.54, 1.807) is 25.1 Å². The SMILES string of the molecule is Cc1ccc(CNC(=O)C2CCN(CC(=O)N3CCN(c4ccccc4F)CC3)CC2)cc1F. The van der Waals surface area contributed by atoms with Crippen molar-refractivity contribution in [1.29, 1.82) is 0 Å². The molecule has 0 aliphatic carbocycles. The largest absolute Gasteiger partial charge is 0.366 e. The Bertz CT molecular complexity index is 1020. The number of nitrogens with one attached hydrogen (secondary N) is 1. The van der Waals surface area contributed by atoms with Gasteiger partial charge in [-0.3, -0.25) is 14.5 Å². The predicted molar refractivity (Wildman–Crippen MR) is 127 cm³/mol. The van der Waals surface area contributed by atoms with Crippen LogP contribution in [0, 0.1) is 24.5 Å². The molecule has 0 unspecified atom stereocenters. The topological polar surface area (TPSA) is 55.9 Å². The van der Waals surface area contributed by atoms with Crippen LogP contribution in [0.2, 0.25) is 0 Å². The zero-order valence-electron chi connectivity index (χ0n) is 19.6. The average Bonchev–Trinajstić information content (AvgIpc) is 2.85. The number of hydrogen-bond acceptors (Lipinski definition) is 4. The van der Waals surface area contributed by atoms with E-state index in [1.807, 2.05) is 21.9 Å². The van der Waals surface area contributed by atoms with E-state index in [0.29, 0.717) is 76.5 Å². The first-order chi connectivity index (χ1) is 16.4. The first kappa shape index (κ1) is 24.1. The number of piperidine rings is 1. The summed E-state index contributed by atoms with van der Waals surface area (Å²) in [4.78, 5) is 31.3. The van der Waals surface area contributed by atoms with E-state index >= 15 is 0 Å². The maximum absolute atomic E-state index is 14.0. The zero-order chi connectivity index (χ0) is 24.1. The molecule has 34 heavy (non-hydrogen) atoms. The third kappa shape index (κ3) is 5.91. The van der Waals surface area contributed by atoms with Crippen LogP contribution in [0.3, 0.4) is 0 Å². The summed E-state index contributed by atoms with van der Waals surface area (Å²) in [5.74, 6) is -0.529. The number of halogens is 2. The van der Waals surface area contributed by atoms with Crippen LogP contribution in [-0.4, -0.2) is 67.4 Å². The van der Waals surface area contributed by atoms with E-state index in [-0.39, 0.29) is 29.4 Å². The minimum absolute atomic E-state index is 0.0174. The number of likely N-dealkylation sites (tertiary alicyclic amines) is 1. The second-order valence-corrected chi connectivity index (χ2v) is 9.17. The van der Waals surface area contributed by atoms with Crippen LogP contribution >= 0.6 is 0 Å². The van der Waals surface area contributed by atoms with Crippen molar-refractivity contribution in [1.82, 2.24) is 15.1 Å². The summed E-state index contributed by atoms with van der Waals surface area (Å²) in [6.07, 6.45) is 1.39. The van der Waals surface area contributed by atoms with Gasteiger partial charge in [0, 0.05) is 38.6 Å². The molecule has 2 aromatic carbocycles.